The van der Waals surface area contributed by atoms with Gasteiger partial charge in [0.05, 0.1) is 17.5 Å². The minimum Gasteiger partial charge on any atom is -0.338 e. The maximum atomic E-state index is 12.7. The molecule has 1 saturated heterocycles. The summed E-state index contributed by atoms with van der Waals surface area (Å²) in [6.45, 7) is 5.61. The number of nitrogens with zero attached hydrogens (tertiary/aromatic N) is 4. The number of carbonyl (C=O) groups is 1. The van der Waals surface area contributed by atoms with Gasteiger partial charge in [-0.2, -0.15) is 10.2 Å². The van der Waals surface area contributed by atoms with Crippen LogP contribution in [0.15, 0.2) is 12.4 Å². The molecule has 1 amide bonds. The molecular formula is C16H23N5O. The van der Waals surface area contributed by atoms with Gasteiger partial charge in [0.15, 0.2) is 0 Å². The second kappa shape index (κ2) is 5.94. The van der Waals surface area contributed by atoms with E-state index in [1.54, 1.807) is 4.68 Å². The van der Waals surface area contributed by atoms with Gasteiger partial charge in [-0.1, -0.05) is 0 Å². The van der Waals surface area contributed by atoms with Crippen LogP contribution in [0.1, 0.15) is 40.2 Å². The monoisotopic (exact) mass is 301 g/mol. The average Bonchev–Trinajstić information content (AvgIpc) is 3.04. The van der Waals surface area contributed by atoms with E-state index >= 15 is 0 Å². The molecule has 0 bridgehead atoms. The van der Waals surface area contributed by atoms with Gasteiger partial charge in [-0.3, -0.25) is 14.6 Å². The number of hydrogen-bond donors (Lipinski definition) is 1. The molecular weight excluding hydrogens is 278 g/mol. The predicted molar refractivity (Wildman–Crippen MR) is 83.6 cm³/mol. The zero-order chi connectivity index (χ0) is 15.7. The van der Waals surface area contributed by atoms with Crippen molar-refractivity contribution in [3.05, 3.63) is 34.9 Å². The summed E-state index contributed by atoms with van der Waals surface area (Å²) >= 11 is 0. The van der Waals surface area contributed by atoms with Crippen LogP contribution >= 0.6 is 0 Å². The minimum atomic E-state index is 0.108. The first-order valence-electron chi connectivity index (χ1n) is 7.83. The third kappa shape index (κ3) is 2.91. The number of H-pyrrole nitrogens is 1. The molecule has 1 N–H and O–H groups in total. The summed E-state index contributed by atoms with van der Waals surface area (Å²) in [4.78, 5) is 14.7. The SMILES string of the molecule is Cc1cn[nH]c1C[C@H]1CCCN(C(=O)c2cn(C)nc2C)C1. The summed E-state index contributed by atoms with van der Waals surface area (Å²) in [5, 5.41) is 11.4. The highest BCUT2D eigenvalue weighted by atomic mass is 16.2. The molecule has 2 aromatic heterocycles. The Bertz CT molecular complexity index is 672. The maximum Gasteiger partial charge on any atom is 0.257 e. The van der Waals surface area contributed by atoms with Crippen LogP contribution in [0, 0.1) is 19.8 Å². The third-order valence-electron chi connectivity index (χ3n) is 4.48. The van der Waals surface area contributed by atoms with Crippen molar-refractivity contribution in [3.63, 3.8) is 0 Å². The molecule has 3 rings (SSSR count). The van der Waals surface area contributed by atoms with Crippen LogP contribution in [-0.2, 0) is 13.5 Å². The van der Waals surface area contributed by atoms with Crippen LogP contribution in [0.3, 0.4) is 0 Å². The van der Waals surface area contributed by atoms with Crippen LogP contribution in [0.4, 0.5) is 0 Å². The highest BCUT2D eigenvalue weighted by Crippen LogP contribution is 2.23. The van der Waals surface area contributed by atoms with Gasteiger partial charge < -0.3 is 4.90 Å². The number of nitrogens with one attached hydrogen (secondary N) is 1. The molecule has 1 fully saturated rings. The highest BCUT2D eigenvalue weighted by molar-refractivity contribution is 5.95. The molecule has 6 nitrogen and oxygen atoms in total. The lowest BCUT2D eigenvalue weighted by Gasteiger charge is -2.32. The van der Waals surface area contributed by atoms with Crippen molar-refractivity contribution in [2.75, 3.05) is 13.1 Å². The van der Waals surface area contributed by atoms with Crippen LogP contribution < -0.4 is 0 Å². The highest BCUT2D eigenvalue weighted by Gasteiger charge is 2.27. The van der Waals surface area contributed by atoms with Crippen molar-refractivity contribution >= 4 is 5.91 Å². The van der Waals surface area contributed by atoms with E-state index in [4.69, 9.17) is 0 Å². The second-order valence-corrected chi connectivity index (χ2v) is 6.30. The van der Waals surface area contributed by atoms with Crippen molar-refractivity contribution in [2.45, 2.75) is 33.1 Å². The fraction of sp³-hybridized carbons (Fsp3) is 0.562. The second-order valence-electron chi connectivity index (χ2n) is 6.30. The molecule has 0 saturated carbocycles. The number of hydrogen-bond acceptors (Lipinski definition) is 3. The number of likely N-dealkylation sites (tertiary alicyclic amines) is 1. The third-order valence-corrected chi connectivity index (χ3v) is 4.48. The van der Waals surface area contributed by atoms with Gasteiger partial charge in [-0.15, -0.1) is 0 Å². The zero-order valence-corrected chi connectivity index (χ0v) is 13.5. The van der Waals surface area contributed by atoms with E-state index in [9.17, 15) is 4.79 Å². The summed E-state index contributed by atoms with van der Waals surface area (Å²) in [6, 6.07) is 0. The normalized spacial score (nSPS) is 18.7. The molecule has 0 spiro atoms. The molecule has 0 radical (unpaired) electrons. The standard InChI is InChI=1S/C16H23N5O/c1-11-8-17-18-15(11)7-13-5-4-6-21(9-13)16(22)14-10-20(3)19-12(14)2/h8,10,13H,4-7,9H2,1-3H3,(H,17,18)/t13-/m1/s1. The zero-order valence-electron chi connectivity index (χ0n) is 13.5. The van der Waals surface area contributed by atoms with Crippen LogP contribution in [0.2, 0.25) is 0 Å². The Morgan fingerprint density at radius 1 is 1.45 bits per heavy atom. The Morgan fingerprint density at radius 3 is 2.91 bits per heavy atom. The van der Waals surface area contributed by atoms with E-state index in [1.165, 1.54) is 11.3 Å². The van der Waals surface area contributed by atoms with Gasteiger partial charge in [0.25, 0.3) is 5.91 Å². The Morgan fingerprint density at radius 2 is 2.27 bits per heavy atom. The molecule has 3 heterocycles. The summed E-state index contributed by atoms with van der Waals surface area (Å²) in [6.07, 6.45) is 6.86. The molecule has 1 atom stereocenters. The summed E-state index contributed by atoms with van der Waals surface area (Å²) in [5.74, 6) is 0.602. The number of carbonyl (C=O) groups excluding carboxylic acids is 1. The Labute approximate surface area is 130 Å². The summed E-state index contributed by atoms with van der Waals surface area (Å²) < 4.78 is 1.71. The molecule has 0 unspecified atom stereocenters. The first-order chi connectivity index (χ1) is 10.5. The van der Waals surface area contributed by atoms with Gasteiger partial charge in [-0.05, 0) is 44.6 Å². The Balaban J connectivity index is 1.69. The summed E-state index contributed by atoms with van der Waals surface area (Å²) in [5.41, 5.74) is 3.92. The number of piperidine rings is 1. The van der Waals surface area contributed by atoms with E-state index in [1.807, 2.05) is 31.3 Å². The van der Waals surface area contributed by atoms with Crippen molar-refractivity contribution < 1.29 is 4.79 Å². The Kier molecular flexibility index (Phi) is 4.00. The fourth-order valence-corrected chi connectivity index (χ4v) is 3.26. The molecule has 0 aromatic carbocycles. The predicted octanol–water partition coefficient (Wildman–Crippen LogP) is 1.85. The molecule has 6 heteroatoms. The maximum absolute atomic E-state index is 12.7. The lowest BCUT2D eigenvalue weighted by Crippen LogP contribution is -2.40. The van der Waals surface area contributed by atoms with Crippen LogP contribution in [-0.4, -0.2) is 43.9 Å². The van der Waals surface area contributed by atoms with E-state index in [2.05, 4.69) is 22.2 Å². The average molecular weight is 301 g/mol. The van der Waals surface area contributed by atoms with Gasteiger partial charge in [0, 0.05) is 32.0 Å². The van der Waals surface area contributed by atoms with Crippen molar-refractivity contribution in [3.8, 4) is 0 Å². The number of aromatic amines is 1. The van der Waals surface area contributed by atoms with Gasteiger partial charge in [-0.25, -0.2) is 0 Å². The smallest absolute Gasteiger partial charge is 0.257 e. The van der Waals surface area contributed by atoms with E-state index in [0.717, 1.165) is 43.6 Å². The number of aromatic nitrogens is 4. The molecule has 1 aliphatic rings. The lowest BCUT2D eigenvalue weighted by atomic mass is 9.92. The lowest BCUT2D eigenvalue weighted by molar-refractivity contribution is 0.0672. The number of rotatable bonds is 3. The topological polar surface area (TPSA) is 66.8 Å². The van der Waals surface area contributed by atoms with E-state index in [-0.39, 0.29) is 5.91 Å². The van der Waals surface area contributed by atoms with Crippen molar-refractivity contribution in [1.82, 2.24) is 24.9 Å². The fourth-order valence-electron chi connectivity index (χ4n) is 3.26. The van der Waals surface area contributed by atoms with Crippen LogP contribution in [0.5, 0.6) is 0 Å². The van der Waals surface area contributed by atoms with Gasteiger partial charge in [0.2, 0.25) is 0 Å². The summed E-state index contributed by atoms with van der Waals surface area (Å²) in [7, 11) is 1.85. The van der Waals surface area contributed by atoms with Gasteiger partial charge in [0.1, 0.15) is 0 Å². The van der Waals surface area contributed by atoms with Crippen molar-refractivity contribution in [1.29, 1.82) is 0 Å². The molecule has 1 aliphatic heterocycles. The molecule has 22 heavy (non-hydrogen) atoms. The Hall–Kier alpha value is -2.11. The minimum absolute atomic E-state index is 0.108. The number of amides is 1. The van der Waals surface area contributed by atoms with Gasteiger partial charge >= 0.3 is 0 Å². The van der Waals surface area contributed by atoms with E-state index < -0.39 is 0 Å². The molecule has 2 aromatic rings. The van der Waals surface area contributed by atoms with Crippen LogP contribution in [0.25, 0.3) is 0 Å². The first-order valence-corrected chi connectivity index (χ1v) is 7.83. The quantitative estimate of drug-likeness (QED) is 0.941. The van der Waals surface area contributed by atoms with Crippen molar-refractivity contribution in [2.24, 2.45) is 13.0 Å². The molecule has 0 aliphatic carbocycles. The largest absolute Gasteiger partial charge is 0.338 e. The van der Waals surface area contributed by atoms with E-state index in [0.29, 0.717) is 5.92 Å². The number of aryl methyl sites for hydroxylation is 3. The molecule has 118 valence electrons. The first kappa shape index (κ1) is 14.8.